The Hall–Kier alpha value is -0.600. The molecular formula is C14H20ClNO. The lowest BCUT2D eigenvalue weighted by Gasteiger charge is -2.23. The average Bonchev–Trinajstić information content (AvgIpc) is 2.39. The van der Waals surface area contributed by atoms with Crippen molar-refractivity contribution in [3.63, 3.8) is 0 Å². The molecule has 3 heteroatoms. The monoisotopic (exact) mass is 253 g/mol. The third-order valence-corrected chi connectivity index (χ3v) is 3.65. The highest BCUT2D eigenvalue weighted by Gasteiger charge is 2.15. The molecule has 1 fully saturated rings. The minimum Gasteiger partial charge on any atom is -0.378 e. The van der Waals surface area contributed by atoms with Crippen LogP contribution in [0, 0.1) is 0 Å². The highest BCUT2D eigenvalue weighted by molar-refractivity contribution is 6.20. The number of pyridine rings is 1. The maximum atomic E-state index is 6.36. The summed E-state index contributed by atoms with van der Waals surface area (Å²) in [5.74, 6) is 0. The Bertz CT molecular complexity index is 311. The molecule has 0 aliphatic carbocycles. The van der Waals surface area contributed by atoms with E-state index in [-0.39, 0.29) is 5.38 Å². The van der Waals surface area contributed by atoms with Crippen molar-refractivity contribution in [2.24, 2.45) is 0 Å². The van der Waals surface area contributed by atoms with E-state index in [0.29, 0.717) is 6.10 Å². The highest BCUT2D eigenvalue weighted by atomic mass is 35.5. The Kier molecular flexibility index (Phi) is 5.27. The molecule has 1 aromatic rings. The summed E-state index contributed by atoms with van der Waals surface area (Å²) in [5.41, 5.74) is 1.27. The first-order chi connectivity index (χ1) is 8.34. The lowest BCUT2D eigenvalue weighted by Crippen LogP contribution is -2.20. The molecule has 1 aromatic heterocycles. The van der Waals surface area contributed by atoms with E-state index in [2.05, 4.69) is 4.98 Å². The van der Waals surface area contributed by atoms with Gasteiger partial charge in [-0.05, 0) is 56.2 Å². The summed E-state index contributed by atoms with van der Waals surface area (Å²) < 4.78 is 5.71. The van der Waals surface area contributed by atoms with Gasteiger partial charge in [0.2, 0.25) is 0 Å². The smallest absolute Gasteiger partial charge is 0.0575 e. The standard InChI is InChI=1S/C14H20ClNO/c15-13(11-12-6-8-16-9-7-12)4-5-14-3-1-2-10-17-14/h6-9,13-14H,1-5,10-11H2. The van der Waals surface area contributed by atoms with Gasteiger partial charge < -0.3 is 4.74 Å². The van der Waals surface area contributed by atoms with Crippen LogP contribution in [0.25, 0.3) is 0 Å². The van der Waals surface area contributed by atoms with Gasteiger partial charge in [-0.15, -0.1) is 11.6 Å². The second-order valence-corrected chi connectivity index (χ2v) is 5.34. The molecule has 2 atom stereocenters. The quantitative estimate of drug-likeness (QED) is 0.749. The zero-order valence-corrected chi connectivity index (χ0v) is 10.9. The SMILES string of the molecule is ClC(CCC1CCCCO1)Cc1ccncc1. The fourth-order valence-electron chi connectivity index (χ4n) is 2.28. The van der Waals surface area contributed by atoms with Crippen molar-refractivity contribution >= 4 is 11.6 Å². The molecule has 1 saturated heterocycles. The number of hydrogen-bond donors (Lipinski definition) is 0. The van der Waals surface area contributed by atoms with Crippen LogP contribution in [0.4, 0.5) is 0 Å². The molecule has 2 heterocycles. The van der Waals surface area contributed by atoms with Gasteiger partial charge in [0.25, 0.3) is 0 Å². The van der Waals surface area contributed by atoms with E-state index in [4.69, 9.17) is 16.3 Å². The van der Waals surface area contributed by atoms with Crippen LogP contribution in [0.1, 0.15) is 37.7 Å². The number of halogens is 1. The minimum atomic E-state index is 0.211. The largest absolute Gasteiger partial charge is 0.378 e. The van der Waals surface area contributed by atoms with Crippen molar-refractivity contribution in [2.45, 2.75) is 50.0 Å². The molecule has 0 amide bonds. The van der Waals surface area contributed by atoms with Crippen molar-refractivity contribution in [1.82, 2.24) is 4.98 Å². The Morgan fingerprint density at radius 2 is 2.18 bits per heavy atom. The van der Waals surface area contributed by atoms with Crippen LogP contribution in [-0.4, -0.2) is 23.1 Å². The summed E-state index contributed by atoms with van der Waals surface area (Å²) in [7, 11) is 0. The Labute approximate surface area is 108 Å². The number of rotatable bonds is 5. The molecule has 0 spiro atoms. The lowest BCUT2D eigenvalue weighted by molar-refractivity contribution is 0.0100. The van der Waals surface area contributed by atoms with Crippen LogP contribution in [0.5, 0.6) is 0 Å². The van der Waals surface area contributed by atoms with Crippen LogP contribution in [-0.2, 0) is 11.2 Å². The summed E-state index contributed by atoms with van der Waals surface area (Å²) in [5, 5.41) is 0.211. The molecule has 2 unspecified atom stereocenters. The van der Waals surface area contributed by atoms with Crippen molar-refractivity contribution in [3.05, 3.63) is 30.1 Å². The number of alkyl halides is 1. The van der Waals surface area contributed by atoms with Crippen LogP contribution in [0.15, 0.2) is 24.5 Å². The fraction of sp³-hybridized carbons (Fsp3) is 0.643. The molecule has 94 valence electrons. The number of aromatic nitrogens is 1. The summed E-state index contributed by atoms with van der Waals surface area (Å²) >= 11 is 6.36. The molecule has 0 bridgehead atoms. The molecule has 0 N–H and O–H groups in total. The number of nitrogens with zero attached hydrogens (tertiary/aromatic N) is 1. The zero-order valence-electron chi connectivity index (χ0n) is 10.1. The van der Waals surface area contributed by atoms with Crippen LogP contribution in [0.3, 0.4) is 0 Å². The van der Waals surface area contributed by atoms with Gasteiger partial charge in [0.05, 0.1) is 6.10 Å². The number of ether oxygens (including phenoxy) is 1. The van der Waals surface area contributed by atoms with Gasteiger partial charge in [-0.1, -0.05) is 0 Å². The van der Waals surface area contributed by atoms with Crippen LogP contribution >= 0.6 is 11.6 Å². The van der Waals surface area contributed by atoms with Gasteiger partial charge >= 0.3 is 0 Å². The molecule has 0 saturated carbocycles. The number of hydrogen-bond acceptors (Lipinski definition) is 2. The molecular weight excluding hydrogens is 234 g/mol. The topological polar surface area (TPSA) is 22.1 Å². The van der Waals surface area contributed by atoms with Crippen molar-refractivity contribution in [3.8, 4) is 0 Å². The summed E-state index contributed by atoms with van der Waals surface area (Å²) in [4.78, 5) is 4.01. The van der Waals surface area contributed by atoms with Gasteiger partial charge in [-0.3, -0.25) is 4.98 Å². The van der Waals surface area contributed by atoms with Gasteiger partial charge in [0, 0.05) is 24.4 Å². The van der Waals surface area contributed by atoms with Crippen molar-refractivity contribution in [1.29, 1.82) is 0 Å². The van der Waals surface area contributed by atoms with Crippen molar-refractivity contribution in [2.75, 3.05) is 6.61 Å². The van der Waals surface area contributed by atoms with Gasteiger partial charge in [-0.2, -0.15) is 0 Å². The lowest BCUT2D eigenvalue weighted by atomic mass is 10.0. The third kappa shape index (κ3) is 4.64. The summed E-state index contributed by atoms with van der Waals surface area (Å²) in [6.45, 7) is 0.933. The van der Waals surface area contributed by atoms with Crippen molar-refractivity contribution < 1.29 is 4.74 Å². The third-order valence-electron chi connectivity index (χ3n) is 3.28. The first kappa shape index (κ1) is 12.8. The van der Waals surface area contributed by atoms with Crippen LogP contribution in [0.2, 0.25) is 0 Å². The fourth-order valence-corrected chi connectivity index (χ4v) is 2.58. The summed E-state index contributed by atoms with van der Waals surface area (Å²) in [6.07, 6.45) is 10.9. The van der Waals surface area contributed by atoms with Gasteiger partial charge in [0.1, 0.15) is 0 Å². The van der Waals surface area contributed by atoms with Crippen LogP contribution < -0.4 is 0 Å². The first-order valence-corrected chi connectivity index (χ1v) is 6.93. The predicted octanol–water partition coefficient (Wildman–Crippen LogP) is 3.58. The van der Waals surface area contributed by atoms with Gasteiger partial charge in [-0.25, -0.2) is 0 Å². The van der Waals surface area contributed by atoms with Gasteiger partial charge in [0.15, 0.2) is 0 Å². The van der Waals surface area contributed by atoms with E-state index in [1.807, 2.05) is 24.5 Å². The second-order valence-electron chi connectivity index (χ2n) is 4.72. The Balaban J connectivity index is 1.68. The Morgan fingerprint density at radius 3 is 2.88 bits per heavy atom. The molecule has 1 aliphatic rings. The molecule has 1 aliphatic heterocycles. The van der Waals surface area contributed by atoms with E-state index < -0.39 is 0 Å². The zero-order chi connectivity index (χ0) is 11.9. The normalized spacial score (nSPS) is 22.3. The molecule has 0 aromatic carbocycles. The average molecular weight is 254 g/mol. The predicted molar refractivity (Wildman–Crippen MR) is 70.4 cm³/mol. The maximum Gasteiger partial charge on any atom is 0.0575 e. The molecule has 17 heavy (non-hydrogen) atoms. The highest BCUT2D eigenvalue weighted by Crippen LogP contribution is 2.20. The molecule has 2 nitrogen and oxygen atoms in total. The van der Waals surface area contributed by atoms with E-state index in [1.54, 1.807) is 0 Å². The van der Waals surface area contributed by atoms with E-state index in [1.165, 1.54) is 24.8 Å². The van der Waals surface area contributed by atoms with E-state index in [0.717, 1.165) is 25.9 Å². The Morgan fingerprint density at radius 1 is 1.35 bits per heavy atom. The second kappa shape index (κ2) is 6.97. The molecule has 2 rings (SSSR count). The first-order valence-electron chi connectivity index (χ1n) is 6.49. The minimum absolute atomic E-state index is 0.211. The van der Waals surface area contributed by atoms with E-state index in [9.17, 15) is 0 Å². The van der Waals surface area contributed by atoms with E-state index >= 15 is 0 Å². The molecule has 0 radical (unpaired) electrons. The maximum absolute atomic E-state index is 6.36. The summed E-state index contributed by atoms with van der Waals surface area (Å²) in [6, 6.07) is 4.07.